The third-order valence-electron chi connectivity index (χ3n) is 3.21. The fourth-order valence-corrected chi connectivity index (χ4v) is 2.07. The van der Waals surface area contributed by atoms with E-state index in [9.17, 15) is 4.79 Å². The molecule has 1 heterocycles. The van der Waals surface area contributed by atoms with Crippen LogP contribution in [0.2, 0.25) is 0 Å². The predicted molar refractivity (Wildman–Crippen MR) is 76.0 cm³/mol. The summed E-state index contributed by atoms with van der Waals surface area (Å²) in [5.74, 6) is -0.299. The Morgan fingerprint density at radius 1 is 1.30 bits per heavy atom. The highest BCUT2D eigenvalue weighted by Crippen LogP contribution is 2.20. The zero-order chi connectivity index (χ0) is 14.5. The van der Waals surface area contributed by atoms with E-state index < -0.39 is 6.04 Å². The van der Waals surface area contributed by atoms with Gasteiger partial charge in [-0.1, -0.05) is 30.3 Å². The Labute approximate surface area is 118 Å². The van der Waals surface area contributed by atoms with Crippen LogP contribution >= 0.6 is 0 Å². The highest BCUT2D eigenvalue weighted by Gasteiger charge is 2.23. The molecule has 2 rings (SSSR count). The lowest BCUT2D eigenvalue weighted by Crippen LogP contribution is -2.31. The second kappa shape index (κ2) is 6.34. The average Bonchev–Trinajstić information content (AvgIpc) is 2.91. The molecule has 2 aromatic rings. The Bertz CT molecular complexity index is 566. The van der Waals surface area contributed by atoms with Crippen LogP contribution in [-0.4, -0.2) is 22.9 Å². The maximum Gasteiger partial charge on any atom is 0.327 e. The van der Waals surface area contributed by atoms with E-state index in [2.05, 4.69) is 10.4 Å². The lowest BCUT2D eigenvalue weighted by Gasteiger charge is -2.21. The number of carbonyl (C=O) groups is 1. The second-order valence-corrected chi connectivity index (χ2v) is 4.70. The maximum absolute atomic E-state index is 12.0. The van der Waals surface area contributed by atoms with Crippen molar-refractivity contribution < 1.29 is 9.53 Å². The molecule has 0 amide bonds. The normalized spacial score (nSPS) is 13.8. The molecule has 1 aromatic carbocycles. The summed E-state index contributed by atoms with van der Waals surface area (Å²) in [6, 6.07) is 9.05. The lowest BCUT2D eigenvalue weighted by atomic mass is 10.0. The second-order valence-electron chi connectivity index (χ2n) is 4.70. The molecule has 20 heavy (non-hydrogen) atoms. The largest absolute Gasteiger partial charge is 0.468 e. The van der Waals surface area contributed by atoms with Crippen molar-refractivity contribution >= 4 is 5.97 Å². The highest BCUT2D eigenvalue weighted by atomic mass is 16.5. The molecule has 2 unspecified atom stereocenters. The van der Waals surface area contributed by atoms with Crippen LogP contribution in [0.25, 0.3) is 0 Å². The van der Waals surface area contributed by atoms with Gasteiger partial charge in [0.2, 0.25) is 0 Å². The van der Waals surface area contributed by atoms with Gasteiger partial charge in [0, 0.05) is 24.8 Å². The van der Waals surface area contributed by atoms with Crippen molar-refractivity contribution in [3.05, 3.63) is 53.9 Å². The van der Waals surface area contributed by atoms with Crippen molar-refractivity contribution in [1.29, 1.82) is 0 Å². The van der Waals surface area contributed by atoms with Crippen LogP contribution in [0.5, 0.6) is 0 Å². The Kier molecular flexibility index (Phi) is 4.53. The van der Waals surface area contributed by atoms with Crippen LogP contribution < -0.4 is 5.32 Å². The molecule has 0 saturated heterocycles. The molecular weight excluding hydrogens is 254 g/mol. The van der Waals surface area contributed by atoms with E-state index in [1.165, 1.54) is 7.11 Å². The van der Waals surface area contributed by atoms with E-state index in [0.717, 1.165) is 11.1 Å². The van der Waals surface area contributed by atoms with E-state index in [1.54, 1.807) is 10.9 Å². The topological polar surface area (TPSA) is 56.1 Å². The van der Waals surface area contributed by atoms with E-state index in [1.807, 2.05) is 50.5 Å². The number of nitrogens with zero attached hydrogens (tertiary/aromatic N) is 2. The molecule has 0 bridgehead atoms. The molecule has 0 aliphatic heterocycles. The van der Waals surface area contributed by atoms with Crippen LogP contribution in [0, 0.1) is 0 Å². The van der Waals surface area contributed by atoms with Crippen LogP contribution in [-0.2, 0) is 16.6 Å². The van der Waals surface area contributed by atoms with E-state index in [4.69, 9.17) is 4.74 Å². The molecule has 0 aliphatic rings. The number of carbonyl (C=O) groups excluding carboxylic acids is 1. The predicted octanol–water partition coefficient (Wildman–Crippen LogP) is 1.98. The fourth-order valence-electron chi connectivity index (χ4n) is 2.07. The van der Waals surface area contributed by atoms with Gasteiger partial charge in [-0.15, -0.1) is 0 Å². The first-order chi connectivity index (χ1) is 9.61. The molecule has 0 radical (unpaired) electrons. The van der Waals surface area contributed by atoms with Crippen LogP contribution in [0.15, 0.2) is 42.7 Å². The molecule has 0 fully saturated rings. The summed E-state index contributed by atoms with van der Waals surface area (Å²) < 4.78 is 6.63. The molecule has 0 aliphatic carbocycles. The first-order valence-corrected chi connectivity index (χ1v) is 6.49. The molecule has 0 spiro atoms. The van der Waals surface area contributed by atoms with Gasteiger partial charge in [0.25, 0.3) is 0 Å². The summed E-state index contributed by atoms with van der Waals surface area (Å²) in [6.45, 7) is 2.00. The summed E-state index contributed by atoms with van der Waals surface area (Å²) in [5.41, 5.74) is 1.91. The van der Waals surface area contributed by atoms with Gasteiger partial charge in [-0.2, -0.15) is 5.10 Å². The summed E-state index contributed by atoms with van der Waals surface area (Å²) in [5, 5.41) is 7.43. The van der Waals surface area contributed by atoms with Crippen molar-refractivity contribution in [1.82, 2.24) is 15.1 Å². The lowest BCUT2D eigenvalue weighted by molar-refractivity contribution is -0.143. The highest BCUT2D eigenvalue weighted by molar-refractivity contribution is 5.77. The van der Waals surface area contributed by atoms with E-state index in [-0.39, 0.29) is 12.0 Å². The zero-order valence-electron chi connectivity index (χ0n) is 11.9. The Morgan fingerprint density at radius 3 is 2.55 bits per heavy atom. The van der Waals surface area contributed by atoms with Crippen molar-refractivity contribution in [2.24, 2.45) is 7.05 Å². The van der Waals surface area contributed by atoms with Crippen LogP contribution in [0.4, 0.5) is 0 Å². The quantitative estimate of drug-likeness (QED) is 0.846. The number of esters is 1. The molecule has 0 saturated carbocycles. The molecule has 5 heteroatoms. The number of benzene rings is 1. The maximum atomic E-state index is 12.0. The van der Waals surface area contributed by atoms with Crippen molar-refractivity contribution in [2.45, 2.75) is 19.0 Å². The van der Waals surface area contributed by atoms with Crippen molar-refractivity contribution in [2.75, 3.05) is 7.11 Å². The van der Waals surface area contributed by atoms with E-state index >= 15 is 0 Å². The number of hydrogen-bond donors (Lipinski definition) is 1. The monoisotopic (exact) mass is 273 g/mol. The fraction of sp³-hybridized carbons (Fsp3) is 0.333. The summed E-state index contributed by atoms with van der Waals surface area (Å²) in [4.78, 5) is 12.0. The summed E-state index contributed by atoms with van der Waals surface area (Å²) in [7, 11) is 3.26. The number of rotatable bonds is 5. The van der Waals surface area contributed by atoms with Gasteiger partial charge in [-0.25, -0.2) is 4.79 Å². The number of methoxy groups -OCH3 is 1. The van der Waals surface area contributed by atoms with Crippen molar-refractivity contribution in [3.63, 3.8) is 0 Å². The van der Waals surface area contributed by atoms with Gasteiger partial charge in [0.15, 0.2) is 0 Å². The van der Waals surface area contributed by atoms with Gasteiger partial charge >= 0.3 is 5.97 Å². The molecule has 1 N–H and O–H groups in total. The third-order valence-corrected chi connectivity index (χ3v) is 3.21. The van der Waals surface area contributed by atoms with Crippen molar-refractivity contribution in [3.8, 4) is 0 Å². The smallest absolute Gasteiger partial charge is 0.327 e. The van der Waals surface area contributed by atoms with Crippen LogP contribution in [0.1, 0.15) is 30.1 Å². The number of aryl methyl sites for hydroxylation is 1. The number of aromatic nitrogens is 2. The van der Waals surface area contributed by atoms with Gasteiger partial charge < -0.3 is 4.74 Å². The average molecular weight is 273 g/mol. The Morgan fingerprint density at radius 2 is 2.00 bits per heavy atom. The SMILES string of the molecule is COC(=O)C(NC(C)c1cnn(C)c1)c1ccccc1. The molecule has 106 valence electrons. The summed E-state index contributed by atoms with van der Waals surface area (Å²) >= 11 is 0. The van der Waals surface area contributed by atoms with Crippen LogP contribution in [0.3, 0.4) is 0 Å². The molecule has 2 atom stereocenters. The molecule has 1 aromatic heterocycles. The van der Waals surface area contributed by atoms with Gasteiger partial charge in [-0.05, 0) is 12.5 Å². The minimum absolute atomic E-state index is 0.00648. The minimum atomic E-state index is -0.489. The molecule has 5 nitrogen and oxygen atoms in total. The molecular formula is C15H19N3O2. The first-order valence-electron chi connectivity index (χ1n) is 6.49. The van der Waals surface area contributed by atoms with E-state index in [0.29, 0.717) is 0 Å². The first kappa shape index (κ1) is 14.3. The minimum Gasteiger partial charge on any atom is -0.468 e. The number of nitrogens with one attached hydrogen (secondary N) is 1. The third kappa shape index (κ3) is 3.24. The van der Waals surface area contributed by atoms with Gasteiger partial charge in [-0.3, -0.25) is 10.00 Å². The zero-order valence-corrected chi connectivity index (χ0v) is 11.9. The number of hydrogen-bond acceptors (Lipinski definition) is 4. The van der Waals surface area contributed by atoms with Gasteiger partial charge in [0.05, 0.1) is 13.3 Å². The Hall–Kier alpha value is -2.14. The Balaban J connectivity index is 2.18. The van der Waals surface area contributed by atoms with Gasteiger partial charge in [0.1, 0.15) is 6.04 Å². The standard InChI is InChI=1S/C15H19N3O2/c1-11(13-9-16-18(2)10-13)17-14(15(19)20-3)12-7-5-4-6-8-12/h4-11,14,17H,1-3H3. The number of ether oxygens (including phenoxy) is 1. The summed E-state index contributed by atoms with van der Waals surface area (Å²) in [6.07, 6.45) is 3.72.